The molecule has 3 aromatic rings. The zero-order valence-corrected chi connectivity index (χ0v) is 18.4. The van der Waals surface area contributed by atoms with Crippen LogP contribution in [0.5, 0.6) is 11.5 Å². The quantitative estimate of drug-likeness (QED) is 0.348. The molecular weight excluding hydrogens is 513 g/mol. The first-order valence-corrected chi connectivity index (χ1v) is 10.4. The Morgan fingerprint density at radius 2 is 1.48 bits per heavy atom. The molecule has 0 aliphatic carbocycles. The predicted molar refractivity (Wildman–Crippen MR) is 111 cm³/mol. The smallest absolute Gasteiger partial charge is 0.416 e. The average Bonchev–Trinajstić information content (AvgIpc) is 2.68. The molecule has 3 aromatic carbocycles. The lowest BCUT2D eigenvalue weighted by atomic mass is 9.77. The fourth-order valence-corrected chi connectivity index (χ4v) is 4.40. The molecule has 0 bridgehead atoms. The Bertz CT molecular complexity index is 1030. The fraction of sp³-hybridized carbons (Fsp3) is 0.182. The SMILES string of the molecule is CCOC1(c2cccc(C(F)(F)F)c2)c2cc(Br)ccc2Oc2ccc(Br)cc21. The molecule has 7 heteroatoms. The van der Waals surface area contributed by atoms with Gasteiger partial charge in [-0.05, 0) is 61.0 Å². The monoisotopic (exact) mass is 526 g/mol. The molecule has 150 valence electrons. The van der Waals surface area contributed by atoms with E-state index in [0.717, 1.165) is 21.1 Å². The van der Waals surface area contributed by atoms with Gasteiger partial charge in [0.15, 0.2) is 5.60 Å². The molecule has 0 fully saturated rings. The number of ether oxygens (including phenoxy) is 2. The maximum absolute atomic E-state index is 13.5. The highest BCUT2D eigenvalue weighted by molar-refractivity contribution is 9.10. The van der Waals surface area contributed by atoms with Gasteiger partial charge in [-0.3, -0.25) is 0 Å². The fourth-order valence-electron chi connectivity index (χ4n) is 3.68. The molecular formula is C22H15Br2F3O2. The lowest BCUT2D eigenvalue weighted by molar-refractivity contribution is -0.137. The highest BCUT2D eigenvalue weighted by Crippen LogP contribution is 2.54. The Morgan fingerprint density at radius 1 is 0.897 bits per heavy atom. The lowest BCUT2D eigenvalue weighted by Crippen LogP contribution is -2.36. The molecule has 0 unspecified atom stereocenters. The van der Waals surface area contributed by atoms with E-state index >= 15 is 0 Å². The Kier molecular flexibility index (Phi) is 5.25. The van der Waals surface area contributed by atoms with Gasteiger partial charge in [-0.15, -0.1) is 0 Å². The van der Waals surface area contributed by atoms with Gasteiger partial charge < -0.3 is 9.47 Å². The van der Waals surface area contributed by atoms with Gasteiger partial charge >= 0.3 is 6.18 Å². The van der Waals surface area contributed by atoms with Gasteiger partial charge in [0.1, 0.15) is 11.5 Å². The van der Waals surface area contributed by atoms with Crippen LogP contribution in [-0.2, 0) is 16.5 Å². The van der Waals surface area contributed by atoms with Crippen molar-refractivity contribution in [3.05, 3.63) is 91.9 Å². The third-order valence-electron chi connectivity index (χ3n) is 4.82. The number of alkyl halides is 3. The first kappa shape index (κ1) is 20.4. The molecule has 2 nitrogen and oxygen atoms in total. The predicted octanol–water partition coefficient (Wildman–Crippen LogP) is 7.66. The molecule has 0 saturated carbocycles. The highest BCUT2D eigenvalue weighted by atomic mass is 79.9. The zero-order chi connectivity index (χ0) is 20.8. The summed E-state index contributed by atoms with van der Waals surface area (Å²) >= 11 is 6.93. The van der Waals surface area contributed by atoms with Gasteiger partial charge in [0, 0.05) is 26.7 Å². The van der Waals surface area contributed by atoms with E-state index in [4.69, 9.17) is 9.47 Å². The van der Waals surface area contributed by atoms with Gasteiger partial charge in [-0.1, -0.05) is 44.0 Å². The van der Waals surface area contributed by atoms with Crippen molar-refractivity contribution in [2.75, 3.05) is 6.61 Å². The Morgan fingerprint density at radius 3 is 2.00 bits per heavy atom. The summed E-state index contributed by atoms with van der Waals surface area (Å²) in [7, 11) is 0. The molecule has 1 aliphatic heterocycles. The number of benzene rings is 3. The largest absolute Gasteiger partial charge is 0.457 e. The lowest BCUT2D eigenvalue weighted by Gasteiger charge is -2.40. The summed E-state index contributed by atoms with van der Waals surface area (Å²) in [5.41, 5.74) is -0.325. The number of fused-ring (bicyclic) bond motifs is 2. The molecule has 29 heavy (non-hydrogen) atoms. The van der Waals surface area contributed by atoms with E-state index < -0.39 is 17.3 Å². The summed E-state index contributed by atoms with van der Waals surface area (Å²) in [4.78, 5) is 0. The van der Waals surface area contributed by atoms with Gasteiger partial charge in [-0.25, -0.2) is 0 Å². The van der Waals surface area contributed by atoms with Crippen LogP contribution in [0.1, 0.15) is 29.2 Å². The normalized spacial score (nSPS) is 14.7. The van der Waals surface area contributed by atoms with Crippen LogP contribution in [-0.4, -0.2) is 6.61 Å². The van der Waals surface area contributed by atoms with Crippen LogP contribution in [0.15, 0.2) is 69.6 Å². The van der Waals surface area contributed by atoms with Crippen LogP contribution in [0.4, 0.5) is 13.2 Å². The third kappa shape index (κ3) is 3.49. The standard InChI is InChI=1S/C22H15Br2F3O2/c1-2-28-21(13-4-3-5-14(10-13)22(25,26)27)17-11-15(23)6-8-19(17)29-20-9-7-16(24)12-18(20)21/h3-12H,2H2,1H3. The summed E-state index contributed by atoms with van der Waals surface area (Å²) in [6.07, 6.45) is -4.46. The first-order chi connectivity index (χ1) is 13.8. The van der Waals surface area contributed by atoms with Crippen molar-refractivity contribution in [1.82, 2.24) is 0 Å². The Labute approximate surface area is 182 Å². The summed E-state index contributed by atoms with van der Waals surface area (Å²) in [5, 5.41) is 0. The van der Waals surface area contributed by atoms with E-state index in [9.17, 15) is 13.2 Å². The van der Waals surface area contributed by atoms with Crippen molar-refractivity contribution in [1.29, 1.82) is 0 Å². The second kappa shape index (κ2) is 7.45. The van der Waals surface area contributed by atoms with Crippen molar-refractivity contribution < 1.29 is 22.6 Å². The third-order valence-corrected chi connectivity index (χ3v) is 5.81. The van der Waals surface area contributed by atoms with Gasteiger partial charge in [0.25, 0.3) is 0 Å². The van der Waals surface area contributed by atoms with Crippen LogP contribution >= 0.6 is 31.9 Å². The van der Waals surface area contributed by atoms with E-state index in [1.54, 1.807) is 18.2 Å². The van der Waals surface area contributed by atoms with Crippen molar-refractivity contribution in [2.45, 2.75) is 18.7 Å². The second-order valence-electron chi connectivity index (χ2n) is 6.58. The van der Waals surface area contributed by atoms with Crippen LogP contribution < -0.4 is 4.74 Å². The molecule has 0 spiro atoms. The first-order valence-electron chi connectivity index (χ1n) is 8.85. The maximum atomic E-state index is 13.5. The summed E-state index contributed by atoms with van der Waals surface area (Å²) in [6, 6.07) is 16.1. The molecule has 0 amide bonds. The molecule has 0 saturated heterocycles. The van der Waals surface area contributed by atoms with Crippen molar-refractivity contribution >= 4 is 31.9 Å². The van der Waals surface area contributed by atoms with Crippen molar-refractivity contribution in [3.8, 4) is 11.5 Å². The topological polar surface area (TPSA) is 18.5 Å². The van der Waals surface area contributed by atoms with Gasteiger partial charge in [0.05, 0.1) is 5.56 Å². The number of halogens is 5. The van der Waals surface area contributed by atoms with E-state index in [1.165, 1.54) is 6.07 Å². The van der Waals surface area contributed by atoms with Crippen LogP contribution in [0.25, 0.3) is 0 Å². The number of hydrogen-bond acceptors (Lipinski definition) is 2. The van der Waals surface area contributed by atoms with Crippen LogP contribution in [0.3, 0.4) is 0 Å². The molecule has 0 aromatic heterocycles. The molecule has 4 rings (SSSR count). The van der Waals surface area contributed by atoms with Crippen molar-refractivity contribution in [3.63, 3.8) is 0 Å². The van der Waals surface area contributed by atoms with E-state index in [-0.39, 0.29) is 6.61 Å². The summed E-state index contributed by atoms with van der Waals surface area (Å²) in [5.74, 6) is 1.07. The average molecular weight is 528 g/mol. The van der Waals surface area contributed by atoms with Crippen LogP contribution in [0.2, 0.25) is 0 Å². The minimum absolute atomic E-state index is 0.286. The van der Waals surface area contributed by atoms with E-state index in [2.05, 4.69) is 31.9 Å². The minimum Gasteiger partial charge on any atom is -0.457 e. The van der Waals surface area contributed by atoms with E-state index in [0.29, 0.717) is 28.2 Å². The Balaban J connectivity index is 2.09. The van der Waals surface area contributed by atoms with Gasteiger partial charge in [0.2, 0.25) is 0 Å². The van der Waals surface area contributed by atoms with Crippen molar-refractivity contribution in [2.24, 2.45) is 0 Å². The summed E-state index contributed by atoms with van der Waals surface area (Å²) < 4.78 is 54.4. The van der Waals surface area contributed by atoms with E-state index in [1.807, 2.05) is 31.2 Å². The maximum Gasteiger partial charge on any atom is 0.416 e. The molecule has 0 atom stereocenters. The zero-order valence-electron chi connectivity index (χ0n) is 15.2. The Hall–Kier alpha value is -1.83. The summed E-state index contributed by atoms with van der Waals surface area (Å²) in [6.45, 7) is 2.11. The number of rotatable bonds is 3. The molecule has 1 heterocycles. The van der Waals surface area contributed by atoms with Crippen LogP contribution in [0, 0.1) is 0 Å². The highest BCUT2D eigenvalue weighted by Gasteiger charge is 2.46. The number of hydrogen-bond donors (Lipinski definition) is 0. The molecule has 0 N–H and O–H groups in total. The van der Waals surface area contributed by atoms with Gasteiger partial charge in [-0.2, -0.15) is 13.2 Å². The minimum atomic E-state index is -4.46. The second-order valence-corrected chi connectivity index (χ2v) is 8.41. The molecule has 1 aliphatic rings. The molecule has 0 radical (unpaired) electrons.